The molecule has 3 N–H and O–H groups in total. The molecular weight excluding hydrogens is 224 g/mol. The van der Waals surface area contributed by atoms with Gasteiger partial charge in [-0.25, -0.2) is 13.6 Å². The topological polar surface area (TPSA) is 108 Å². The number of primary sulfonamides is 1. The number of hydrogen-bond donors (Lipinski definition) is 2. The van der Waals surface area contributed by atoms with E-state index in [-0.39, 0.29) is 5.75 Å². The van der Waals surface area contributed by atoms with Crippen molar-refractivity contribution in [2.75, 3.05) is 18.6 Å². The van der Waals surface area contributed by atoms with E-state index >= 15 is 0 Å². The van der Waals surface area contributed by atoms with Gasteiger partial charge in [-0.05, 0) is 12.7 Å². The number of nitrogens with zero attached hydrogens (tertiary/aromatic N) is 2. The largest absolute Gasteiger partial charge is 0.272 e. The van der Waals surface area contributed by atoms with Crippen molar-refractivity contribution in [1.82, 2.24) is 5.32 Å². The normalized spacial score (nSPS) is 12.2. The molecule has 0 saturated carbocycles. The molecule has 80 valence electrons. The van der Waals surface area contributed by atoms with Crippen molar-refractivity contribution in [3.63, 3.8) is 0 Å². The third-order valence-corrected chi connectivity index (χ3v) is 2.67. The first-order chi connectivity index (χ1) is 6.49. The third kappa shape index (κ3) is 7.85. The number of hydrogen-bond acceptors (Lipinski definition) is 5. The Hall–Kier alpha value is -0.780. The predicted octanol–water partition coefficient (Wildman–Crippen LogP) is -0.545. The molecule has 0 spiro atoms. The molecule has 14 heavy (non-hydrogen) atoms. The lowest BCUT2D eigenvalue weighted by molar-refractivity contribution is 0.595. The molecule has 0 bridgehead atoms. The number of nitrogens with one attached hydrogen (secondary N) is 1. The molecule has 0 aromatic carbocycles. The molecule has 0 amide bonds. The molecule has 0 aromatic heterocycles. The van der Waals surface area contributed by atoms with Crippen LogP contribution in [0.4, 0.5) is 0 Å². The molecule has 0 atom stereocenters. The first-order valence-electron chi connectivity index (χ1n) is 3.73. The van der Waals surface area contributed by atoms with Crippen LogP contribution in [0.5, 0.6) is 0 Å². The summed E-state index contributed by atoms with van der Waals surface area (Å²) < 4.78 is 21.1. The van der Waals surface area contributed by atoms with Crippen LogP contribution < -0.4 is 10.5 Å². The number of nitrogens with two attached hydrogens (primary N) is 1. The van der Waals surface area contributed by atoms with E-state index in [1.54, 1.807) is 12.4 Å². The molecule has 0 aromatic rings. The molecule has 0 fully saturated rings. The highest BCUT2D eigenvalue weighted by molar-refractivity contribution is 8.13. The molecule has 0 heterocycles. The summed E-state index contributed by atoms with van der Waals surface area (Å²) in [6.07, 6.45) is 3.86. The van der Waals surface area contributed by atoms with Gasteiger partial charge in [0.05, 0.1) is 5.75 Å². The summed E-state index contributed by atoms with van der Waals surface area (Å²) in [5, 5.41) is 15.9. The van der Waals surface area contributed by atoms with Crippen molar-refractivity contribution in [1.29, 1.82) is 5.26 Å². The maximum atomic E-state index is 10.5. The van der Waals surface area contributed by atoms with E-state index < -0.39 is 10.0 Å². The number of thioether (sulfide) groups is 1. The Morgan fingerprint density at radius 2 is 2.36 bits per heavy atom. The summed E-state index contributed by atoms with van der Waals surface area (Å²) in [6, 6.07) is 0. The standard InChI is InChI=1S/C6H12N4O2S2/c1-13-6(10-5-7)9-3-2-4-14(8,11)12/h2-4H2,1H3,(H,9,10)(H2,8,11,12). The van der Waals surface area contributed by atoms with Crippen LogP contribution in [0.15, 0.2) is 4.99 Å². The van der Waals surface area contributed by atoms with Gasteiger partial charge in [-0.15, -0.1) is 0 Å². The zero-order chi connectivity index (χ0) is 11.0. The summed E-state index contributed by atoms with van der Waals surface area (Å²) in [7, 11) is -3.40. The first-order valence-corrected chi connectivity index (χ1v) is 6.67. The summed E-state index contributed by atoms with van der Waals surface area (Å²) >= 11 is 1.29. The third-order valence-electron chi connectivity index (χ3n) is 1.20. The van der Waals surface area contributed by atoms with E-state index in [0.29, 0.717) is 18.1 Å². The average Bonchev–Trinajstić information content (AvgIpc) is 2.08. The lowest BCUT2D eigenvalue weighted by Crippen LogP contribution is -2.18. The van der Waals surface area contributed by atoms with Crippen molar-refractivity contribution in [3.05, 3.63) is 0 Å². The number of nitriles is 1. The molecular formula is C6H12N4O2S2. The van der Waals surface area contributed by atoms with Gasteiger partial charge >= 0.3 is 0 Å². The smallest absolute Gasteiger partial charge is 0.209 e. The minimum atomic E-state index is -3.40. The fraction of sp³-hybridized carbons (Fsp3) is 0.667. The van der Waals surface area contributed by atoms with Gasteiger partial charge in [-0.2, -0.15) is 5.26 Å². The van der Waals surface area contributed by atoms with Crippen LogP contribution in [0.1, 0.15) is 6.42 Å². The van der Waals surface area contributed by atoms with Crippen molar-refractivity contribution in [3.8, 4) is 6.19 Å². The Morgan fingerprint density at radius 1 is 1.71 bits per heavy atom. The van der Waals surface area contributed by atoms with Gasteiger partial charge in [-0.1, -0.05) is 11.8 Å². The molecule has 8 heteroatoms. The molecule has 0 aliphatic heterocycles. The van der Waals surface area contributed by atoms with Crippen LogP contribution in [-0.4, -0.2) is 32.1 Å². The van der Waals surface area contributed by atoms with Crippen molar-refractivity contribution in [2.24, 2.45) is 10.1 Å². The second-order valence-electron chi connectivity index (χ2n) is 2.35. The molecule has 0 radical (unpaired) electrons. The molecule has 0 aliphatic carbocycles. The van der Waals surface area contributed by atoms with Gasteiger partial charge in [0.1, 0.15) is 0 Å². The van der Waals surface area contributed by atoms with Gasteiger partial charge in [0.25, 0.3) is 0 Å². The second kappa shape index (κ2) is 6.64. The van der Waals surface area contributed by atoms with E-state index in [2.05, 4.69) is 10.3 Å². The minimum Gasteiger partial charge on any atom is -0.272 e. The van der Waals surface area contributed by atoms with Crippen molar-refractivity contribution >= 4 is 27.0 Å². The summed E-state index contributed by atoms with van der Waals surface area (Å²) in [5.41, 5.74) is 0. The lowest BCUT2D eigenvalue weighted by Gasteiger charge is -1.99. The van der Waals surface area contributed by atoms with E-state index in [0.717, 1.165) is 0 Å². The summed E-state index contributed by atoms with van der Waals surface area (Å²) in [5.74, 6) is -0.0925. The van der Waals surface area contributed by atoms with Gasteiger partial charge in [0, 0.05) is 6.54 Å². The van der Waals surface area contributed by atoms with Gasteiger partial charge in [0.2, 0.25) is 10.0 Å². The fourth-order valence-electron chi connectivity index (χ4n) is 0.649. The number of rotatable bonds is 4. The Morgan fingerprint density at radius 3 is 2.79 bits per heavy atom. The predicted molar refractivity (Wildman–Crippen MR) is 57.2 cm³/mol. The van der Waals surface area contributed by atoms with E-state index in [1.807, 2.05) is 0 Å². The highest BCUT2D eigenvalue weighted by atomic mass is 32.2. The Kier molecular flexibility index (Phi) is 6.27. The Balaban J connectivity index is 3.86. The molecule has 0 unspecified atom stereocenters. The molecule has 0 saturated heterocycles. The average molecular weight is 236 g/mol. The molecule has 6 nitrogen and oxygen atoms in total. The van der Waals surface area contributed by atoms with Gasteiger partial charge in [-0.3, -0.25) is 10.3 Å². The second-order valence-corrected chi connectivity index (χ2v) is 4.88. The van der Waals surface area contributed by atoms with E-state index in [9.17, 15) is 8.42 Å². The SMILES string of the molecule is CSC(=NCCCS(N)(=O)=O)NC#N. The maximum Gasteiger partial charge on any atom is 0.209 e. The first kappa shape index (κ1) is 13.2. The molecule has 0 rings (SSSR count). The summed E-state index contributed by atoms with van der Waals surface area (Å²) in [4.78, 5) is 3.96. The van der Waals surface area contributed by atoms with Crippen LogP contribution in [0.25, 0.3) is 0 Å². The highest BCUT2D eigenvalue weighted by Crippen LogP contribution is 1.95. The van der Waals surface area contributed by atoms with Crippen LogP contribution in [0.3, 0.4) is 0 Å². The quantitative estimate of drug-likeness (QED) is 0.224. The monoisotopic (exact) mass is 236 g/mol. The van der Waals surface area contributed by atoms with Crippen molar-refractivity contribution < 1.29 is 8.42 Å². The number of amidine groups is 1. The maximum absolute atomic E-state index is 10.5. The molecule has 0 aliphatic rings. The van der Waals surface area contributed by atoms with Crippen molar-refractivity contribution in [2.45, 2.75) is 6.42 Å². The number of aliphatic imine (C=N–C) groups is 1. The van der Waals surface area contributed by atoms with Gasteiger partial charge in [0.15, 0.2) is 11.4 Å². The van der Waals surface area contributed by atoms with Crippen LogP contribution in [0, 0.1) is 11.5 Å². The fourth-order valence-corrected chi connectivity index (χ4v) is 1.55. The zero-order valence-corrected chi connectivity index (χ0v) is 9.36. The minimum absolute atomic E-state index is 0.0925. The highest BCUT2D eigenvalue weighted by Gasteiger charge is 2.01. The van der Waals surface area contributed by atoms with E-state index in [4.69, 9.17) is 10.4 Å². The van der Waals surface area contributed by atoms with Crippen LogP contribution in [-0.2, 0) is 10.0 Å². The summed E-state index contributed by atoms with van der Waals surface area (Å²) in [6.45, 7) is 0.335. The van der Waals surface area contributed by atoms with Gasteiger partial charge < -0.3 is 0 Å². The Bertz CT molecular complexity index is 330. The van der Waals surface area contributed by atoms with Crippen LogP contribution in [0.2, 0.25) is 0 Å². The van der Waals surface area contributed by atoms with E-state index in [1.165, 1.54) is 11.8 Å². The Labute approximate surface area is 87.6 Å². The zero-order valence-electron chi connectivity index (χ0n) is 7.73. The lowest BCUT2D eigenvalue weighted by atomic mass is 10.5. The number of sulfonamides is 1. The van der Waals surface area contributed by atoms with Crippen LogP contribution >= 0.6 is 11.8 Å².